The molecule has 0 bridgehead atoms. The Bertz CT molecular complexity index is 1230. The van der Waals surface area contributed by atoms with Crippen molar-refractivity contribution in [3.05, 3.63) is 84.7 Å². The molecule has 0 spiro atoms. The standard InChI is InChI=1S/C21H15FN2O3S/c22-16-12-10-14(11-13-16)19-20(17-8-4-5-9-18(17)28(23,25)26)27-21(24-19)15-6-2-1-3-7-15/h1-13H,(H2,23,25,26). The van der Waals surface area contributed by atoms with Crippen LogP contribution in [0.2, 0.25) is 0 Å². The number of oxazole rings is 1. The molecule has 1 heterocycles. The summed E-state index contributed by atoms with van der Waals surface area (Å²) in [5.74, 6) is 0.177. The highest BCUT2D eigenvalue weighted by atomic mass is 32.2. The van der Waals surface area contributed by atoms with Crippen LogP contribution in [0.15, 0.2) is 88.2 Å². The van der Waals surface area contributed by atoms with Crippen LogP contribution in [0.1, 0.15) is 0 Å². The Morgan fingerprint density at radius 1 is 0.821 bits per heavy atom. The van der Waals surface area contributed by atoms with Gasteiger partial charge < -0.3 is 4.42 Å². The molecule has 0 aliphatic carbocycles. The summed E-state index contributed by atoms with van der Waals surface area (Å²) in [6, 6.07) is 21.2. The van der Waals surface area contributed by atoms with E-state index in [9.17, 15) is 12.8 Å². The molecule has 0 aliphatic rings. The molecule has 0 unspecified atom stereocenters. The van der Waals surface area contributed by atoms with Gasteiger partial charge in [0.2, 0.25) is 15.9 Å². The smallest absolute Gasteiger partial charge is 0.238 e. The molecular weight excluding hydrogens is 379 g/mol. The van der Waals surface area contributed by atoms with E-state index in [1.807, 2.05) is 30.3 Å². The zero-order valence-corrected chi connectivity index (χ0v) is 15.4. The lowest BCUT2D eigenvalue weighted by molar-refractivity contribution is 0.583. The summed E-state index contributed by atoms with van der Waals surface area (Å²) in [5, 5.41) is 5.38. The fraction of sp³-hybridized carbons (Fsp3) is 0. The minimum absolute atomic E-state index is 0.0749. The van der Waals surface area contributed by atoms with Crippen molar-refractivity contribution in [1.29, 1.82) is 0 Å². The van der Waals surface area contributed by atoms with Gasteiger partial charge in [0.25, 0.3) is 0 Å². The van der Waals surface area contributed by atoms with Crippen LogP contribution in [-0.4, -0.2) is 13.4 Å². The Labute approximate surface area is 161 Å². The molecule has 2 N–H and O–H groups in total. The molecule has 0 aliphatic heterocycles. The van der Waals surface area contributed by atoms with Crippen molar-refractivity contribution in [2.45, 2.75) is 4.90 Å². The summed E-state index contributed by atoms with van der Waals surface area (Å²) in [7, 11) is -3.99. The van der Waals surface area contributed by atoms with Crippen LogP contribution >= 0.6 is 0 Å². The molecule has 0 saturated heterocycles. The number of rotatable bonds is 4. The average molecular weight is 394 g/mol. The molecule has 0 fully saturated rings. The Kier molecular flexibility index (Phi) is 4.54. The van der Waals surface area contributed by atoms with E-state index >= 15 is 0 Å². The second-order valence-corrected chi connectivity index (χ2v) is 7.64. The second-order valence-electron chi connectivity index (χ2n) is 6.11. The predicted molar refractivity (Wildman–Crippen MR) is 104 cm³/mol. The third-order valence-electron chi connectivity index (χ3n) is 4.20. The Morgan fingerprint density at radius 2 is 1.46 bits per heavy atom. The number of halogens is 1. The number of nitrogens with two attached hydrogens (primary N) is 1. The molecule has 7 heteroatoms. The minimum Gasteiger partial charge on any atom is -0.435 e. The highest BCUT2D eigenvalue weighted by molar-refractivity contribution is 7.89. The van der Waals surface area contributed by atoms with Gasteiger partial charge in [0.15, 0.2) is 5.76 Å². The quantitative estimate of drug-likeness (QED) is 0.554. The monoisotopic (exact) mass is 394 g/mol. The molecule has 3 aromatic carbocycles. The van der Waals surface area contributed by atoms with Crippen LogP contribution in [0.4, 0.5) is 4.39 Å². The van der Waals surface area contributed by atoms with Gasteiger partial charge in [-0.15, -0.1) is 0 Å². The highest BCUT2D eigenvalue weighted by Gasteiger charge is 2.23. The number of sulfonamides is 1. The van der Waals surface area contributed by atoms with Gasteiger partial charge >= 0.3 is 0 Å². The van der Waals surface area contributed by atoms with Gasteiger partial charge in [0, 0.05) is 16.7 Å². The van der Waals surface area contributed by atoms with Crippen molar-refractivity contribution in [3.63, 3.8) is 0 Å². The second kappa shape index (κ2) is 7.03. The molecule has 140 valence electrons. The molecule has 0 radical (unpaired) electrons. The molecular formula is C21H15FN2O3S. The minimum atomic E-state index is -3.99. The lowest BCUT2D eigenvalue weighted by Crippen LogP contribution is -2.13. The maximum Gasteiger partial charge on any atom is 0.238 e. The van der Waals surface area contributed by atoms with E-state index in [1.54, 1.807) is 30.3 Å². The fourth-order valence-electron chi connectivity index (χ4n) is 2.91. The summed E-state index contributed by atoms with van der Waals surface area (Å²) in [5.41, 5.74) is 2.01. The first-order valence-corrected chi connectivity index (χ1v) is 9.92. The van der Waals surface area contributed by atoms with E-state index < -0.39 is 10.0 Å². The van der Waals surface area contributed by atoms with E-state index in [1.165, 1.54) is 18.2 Å². The Hall–Kier alpha value is -3.29. The summed E-state index contributed by atoms with van der Waals surface area (Å²) < 4.78 is 43.5. The number of hydrogen-bond acceptors (Lipinski definition) is 4. The van der Waals surface area contributed by atoms with Crippen molar-refractivity contribution in [2.24, 2.45) is 5.14 Å². The van der Waals surface area contributed by atoms with E-state index in [0.29, 0.717) is 22.7 Å². The zero-order valence-electron chi connectivity index (χ0n) is 14.5. The van der Waals surface area contributed by atoms with Crippen LogP contribution in [-0.2, 0) is 10.0 Å². The largest absolute Gasteiger partial charge is 0.435 e. The van der Waals surface area contributed by atoms with Crippen molar-refractivity contribution >= 4 is 10.0 Å². The summed E-state index contributed by atoms with van der Waals surface area (Å²) in [4.78, 5) is 4.48. The van der Waals surface area contributed by atoms with Crippen molar-refractivity contribution in [2.75, 3.05) is 0 Å². The van der Waals surface area contributed by atoms with Gasteiger partial charge in [-0.3, -0.25) is 0 Å². The van der Waals surface area contributed by atoms with Gasteiger partial charge in [0.05, 0.1) is 4.90 Å². The van der Waals surface area contributed by atoms with Gasteiger partial charge in [0.1, 0.15) is 11.5 Å². The molecule has 1 aromatic heterocycles. The SMILES string of the molecule is NS(=O)(=O)c1ccccc1-c1oc(-c2ccccc2)nc1-c1ccc(F)cc1. The molecule has 5 nitrogen and oxygen atoms in total. The first kappa shape index (κ1) is 18.1. The Morgan fingerprint density at radius 3 is 2.14 bits per heavy atom. The van der Waals surface area contributed by atoms with E-state index in [-0.39, 0.29) is 16.5 Å². The van der Waals surface area contributed by atoms with Gasteiger partial charge in [-0.05, 0) is 48.5 Å². The first-order chi connectivity index (χ1) is 13.4. The number of aromatic nitrogens is 1. The summed E-state index contributed by atoms with van der Waals surface area (Å²) in [6.07, 6.45) is 0. The fourth-order valence-corrected chi connectivity index (χ4v) is 3.65. The number of nitrogens with zero attached hydrogens (tertiary/aromatic N) is 1. The van der Waals surface area contributed by atoms with Crippen LogP contribution < -0.4 is 5.14 Å². The number of primary sulfonamides is 1. The normalized spacial score (nSPS) is 11.5. The summed E-state index contributed by atoms with van der Waals surface area (Å²) in [6.45, 7) is 0. The molecule has 4 rings (SSSR count). The molecule has 28 heavy (non-hydrogen) atoms. The van der Waals surface area contributed by atoms with Crippen molar-refractivity contribution < 1.29 is 17.2 Å². The van der Waals surface area contributed by atoms with Gasteiger partial charge in [-0.25, -0.2) is 22.9 Å². The topological polar surface area (TPSA) is 86.2 Å². The van der Waals surface area contributed by atoms with Crippen molar-refractivity contribution in [1.82, 2.24) is 4.98 Å². The number of hydrogen-bond donors (Lipinski definition) is 1. The van der Waals surface area contributed by atoms with Gasteiger partial charge in [-0.2, -0.15) is 0 Å². The van der Waals surface area contributed by atoms with Crippen LogP contribution in [0.3, 0.4) is 0 Å². The Balaban J connectivity index is 1.99. The van der Waals surface area contributed by atoms with E-state index in [2.05, 4.69) is 4.98 Å². The maximum atomic E-state index is 13.4. The van der Waals surface area contributed by atoms with Crippen LogP contribution in [0, 0.1) is 5.82 Å². The average Bonchev–Trinajstić information content (AvgIpc) is 3.14. The summed E-state index contributed by atoms with van der Waals surface area (Å²) >= 11 is 0. The highest BCUT2D eigenvalue weighted by Crippen LogP contribution is 2.38. The lowest BCUT2D eigenvalue weighted by atomic mass is 10.1. The molecule has 0 saturated carbocycles. The predicted octanol–water partition coefficient (Wildman–Crippen LogP) is 4.46. The zero-order chi connectivity index (χ0) is 19.7. The molecule has 0 amide bonds. The third kappa shape index (κ3) is 3.45. The van der Waals surface area contributed by atoms with E-state index in [4.69, 9.17) is 9.56 Å². The van der Waals surface area contributed by atoms with Crippen molar-refractivity contribution in [3.8, 4) is 34.0 Å². The van der Waals surface area contributed by atoms with Crippen LogP contribution in [0.5, 0.6) is 0 Å². The van der Waals surface area contributed by atoms with E-state index in [0.717, 1.165) is 5.56 Å². The van der Waals surface area contributed by atoms with Crippen LogP contribution in [0.25, 0.3) is 34.0 Å². The first-order valence-electron chi connectivity index (χ1n) is 8.38. The molecule has 0 atom stereocenters. The third-order valence-corrected chi connectivity index (χ3v) is 5.17. The molecule has 4 aromatic rings. The number of benzene rings is 3. The lowest BCUT2D eigenvalue weighted by Gasteiger charge is -2.07. The maximum absolute atomic E-state index is 13.4. The van der Waals surface area contributed by atoms with Gasteiger partial charge in [-0.1, -0.05) is 30.3 Å².